The van der Waals surface area contributed by atoms with Crippen molar-refractivity contribution in [1.29, 1.82) is 0 Å². The lowest BCUT2D eigenvalue weighted by Crippen LogP contribution is -2.36. The highest BCUT2D eigenvalue weighted by molar-refractivity contribution is 6.07. The number of morpholine rings is 1. The first-order valence-corrected chi connectivity index (χ1v) is 8.58. The predicted molar refractivity (Wildman–Crippen MR) is 97.4 cm³/mol. The Bertz CT molecular complexity index is 756. The molecular formula is C19H25N3O3. The quantitative estimate of drug-likeness (QED) is 0.925. The van der Waals surface area contributed by atoms with Crippen molar-refractivity contribution < 1.29 is 14.1 Å². The molecule has 3 rings (SSSR count). The lowest BCUT2D eigenvalue weighted by molar-refractivity contribution is 0.102. The molecule has 1 amide bonds. The summed E-state index contributed by atoms with van der Waals surface area (Å²) in [5, 5.41) is 7.14. The zero-order valence-corrected chi connectivity index (χ0v) is 15.3. The van der Waals surface area contributed by atoms with Crippen LogP contribution in [0.25, 0.3) is 0 Å². The van der Waals surface area contributed by atoms with Gasteiger partial charge in [-0.05, 0) is 19.1 Å². The van der Waals surface area contributed by atoms with Crippen molar-refractivity contribution in [3.05, 3.63) is 41.3 Å². The fourth-order valence-corrected chi connectivity index (χ4v) is 3.00. The van der Waals surface area contributed by atoms with Crippen LogP contribution in [0.3, 0.4) is 0 Å². The van der Waals surface area contributed by atoms with Crippen LogP contribution in [0.5, 0.6) is 0 Å². The van der Waals surface area contributed by atoms with Gasteiger partial charge in [0.1, 0.15) is 17.0 Å². The van der Waals surface area contributed by atoms with E-state index in [-0.39, 0.29) is 11.3 Å². The number of benzene rings is 1. The summed E-state index contributed by atoms with van der Waals surface area (Å²) in [5.74, 6) is 0.343. The van der Waals surface area contributed by atoms with E-state index in [9.17, 15) is 4.79 Å². The molecule has 2 heterocycles. The normalized spacial score (nSPS) is 15.3. The second-order valence-corrected chi connectivity index (χ2v) is 7.28. The predicted octanol–water partition coefficient (Wildman–Crippen LogP) is 3.37. The number of hydrogen-bond donors (Lipinski definition) is 1. The maximum atomic E-state index is 12.9. The Kier molecular flexibility index (Phi) is 4.81. The maximum absolute atomic E-state index is 12.9. The molecule has 1 N–H and O–H groups in total. The molecule has 0 spiro atoms. The molecule has 0 radical (unpaired) electrons. The number of rotatable bonds is 3. The average molecular weight is 343 g/mol. The Morgan fingerprint density at radius 1 is 1.20 bits per heavy atom. The van der Waals surface area contributed by atoms with Crippen LogP contribution in [0.4, 0.5) is 11.4 Å². The van der Waals surface area contributed by atoms with Gasteiger partial charge in [-0.25, -0.2) is 0 Å². The Hall–Kier alpha value is -2.34. The number of anilines is 2. The van der Waals surface area contributed by atoms with Gasteiger partial charge < -0.3 is 19.5 Å². The van der Waals surface area contributed by atoms with Gasteiger partial charge in [0.25, 0.3) is 5.91 Å². The monoisotopic (exact) mass is 343 g/mol. The van der Waals surface area contributed by atoms with Crippen LogP contribution in [0, 0.1) is 6.92 Å². The number of amides is 1. The number of para-hydroxylation sites is 2. The summed E-state index contributed by atoms with van der Waals surface area (Å²) in [5.41, 5.74) is 2.71. The Balaban J connectivity index is 1.89. The second kappa shape index (κ2) is 6.88. The van der Waals surface area contributed by atoms with Crippen molar-refractivity contribution in [2.24, 2.45) is 0 Å². The molecule has 1 aliphatic heterocycles. The van der Waals surface area contributed by atoms with Crippen molar-refractivity contribution in [2.75, 3.05) is 36.5 Å². The van der Waals surface area contributed by atoms with E-state index < -0.39 is 0 Å². The first-order chi connectivity index (χ1) is 11.9. The maximum Gasteiger partial charge on any atom is 0.261 e. The molecule has 0 atom stereocenters. The van der Waals surface area contributed by atoms with Crippen molar-refractivity contribution in [2.45, 2.75) is 33.1 Å². The van der Waals surface area contributed by atoms with Crippen molar-refractivity contribution in [1.82, 2.24) is 5.16 Å². The summed E-state index contributed by atoms with van der Waals surface area (Å²) in [4.78, 5) is 15.2. The summed E-state index contributed by atoms with van der Waals surface area (Å²) in [6.07, 6.45) is 0. The number of aryl methyl sites for hydroxylation is 1. The highest BCUT2D eigenvalue weighted by Crippen LogP contribution is 2.30. The van der Waals surface area contributed by atoms with Crippen LogP contribution >= 0.6 is 0 Å². The van der Waals surface area contributed by atoms with E-state index in [0.29, 0.717) is 30.2 Å². The van der Waals surface area contributed by atoms with Crippen LogP contribution < -0.4 is 10.2 Å². The first kappa shape index (κ1) is 17.5. The third-order valence-electron chi connectivity index (χ3n) is 4.30. The topological polar surface area (TPSA) is 67.6 Å². The molecule has 25 heavy (non-hydrogen) atoms. The van der Waals surface area contributed by atoms with Gasteiger partial charge in [0.2, 0.25) is 0 Å². The summed E-state index contributed by atoms with van der Waals surface area (Å²) < 4.78 is 10.7. The molecule has 1 fully saturated rings. The van der Waals surface area contributed by atoms with E-state index in [4.69, 9.17) is 9.26 Å². The fourth-order valence-electron chi connectivity index (χ4n) is 3.00. The molecule has 1 aliphatic rings. The van der Waals surface area contributed by atoms with Gasteiger partial charge in [-0.2, -0.15) is 0 Å². The molecule has 1 aromatic heterocycles. The number of carbonyl (C=O) groups is 1. The SMILES string of the molecule is Cc1onc(C(C)(C)C)c1C(=O)Nc1ccccc1N1CCOCC1. The van der Waals surface area contributed by atoms with E-state index >= 15 is 0 Å². The molecule has 134 valence electrons. The van der Waals surface area contributed by atoms with Gasteiger partial charge >= 0.3 is 0 Å². The first-order valence-electron chi connectivity index (χ1n) is 8.58. The second-order valence-electron chi connectivity index (χ2n) is 7.28. The summed E-state index contributed by atoms with van der Waals surface area (Å²) in [6.45, 7) is 10.8. The van der Waals surface area contributed by atoms with Gasteiger partial charge in [0.15, 0.2) is 0 Å². The third kappa shape index (κ3) is 3.69. The van der Waals surface area contributed by atoms with Crippen LogP contribution in [0.1, 0.15) is 42.6 Å². The van der Waals surface area contributed by atoms with E-state index in [0.717, 1.165) is 24.5 Å². The fraction of sp³-hybridized carbons (Fsp3) is 0.474. The number of ether oxygens (including phenoxy) is 1. The lowest BCUT2D eigenvalue weighted by atomic mass is 9.88. The highest BCUT2D eigenvalue weighted by atomic mass is 16.5. The molecular weight excluding hydrogens is 318 g/mol. The largest absolute Gasteiger partial charge is 0.378 e. The summed E-state index contributed by atoms with van der Waals surface area (Å²) in [7, 11) is 0. The van der Waals surface area contributed by atoms with Gasteiger partial charge in [-0.15, -0.1) is 0 Å². The van der Waals surface area contributed by atoms with E-state index in [1.807, 2.05) is 45.0 Å². The molecule has 6 nitrogen and oxygen atoms in total. The Morgan fingerprint density at radius 3 is 2.56 bits per heavy atom. The highest BCUT2D eigenvalue weighted by Gasteiger charge is 2.29. The zero-order valence-electron chi connectivity index (χ0n) is 15.3. The summed E-state index contributed by atoms with van der Waals surface area (Å²) in [6, 6.07) is 7.84. The molecule has 0 aliphatic carbocycles. The van der Waals surface area contributed by atoms with Crippen LogP contribution in [-0.2, 0) is 10.2 Å². The number of aromatic nitrogens is 1. The van der Waals surface area contributed by atoms with Crippen molar-refractivity contribution in [3.63, 3.8) is 0 Å². The van der Waals surface area contributed by atoms with E-state index in [1.165, 1.54) is 0 Å². The van der Waals surface area contributed by atoms with Gasteiger partial charge in [-0.1, -0.05) is 38.1 Å². The van der Waals surface area contributed by atoms with Crippen LogP contribution in [0.15, 0.2) is 28.8 Å². The van der Waals surface area contributed by atoms with Gasteiger partial charge in [0, 0.05) is 18.5 Å². The number of carbonyl (C=O) groups excluding carboxylic acids is 1. The lowest BCUT2D eigenvalue weighted by Gasteiger charge is -2.30. The Labute approximate surface area is 148 Å². The smallest absolute Gasteiger partial charge is 0.261 e. The minimum absolute atomic E-state index is 0.190. The zero-order chi connectivity index (χ0) is 18.0. The number of hydrogen-bond acceptors (Lipinski definition) is 5. The van der Waals surface area contributed by atoms with Gasteiger partial charge in [-0.3, -0.25) is 4.79 Å². The molecule has 0 unspecified atom stereocenters. The minimum atomic E-state index is -0.270. The Morgan fingerprint density at radius 2 is 1.88 bits per heavy atom. The molecule has 6 heteroatoms. The average Bonchev–Trinajstić information content (AvgIpc) is 2.98. The summed E-state index contributed by atoms with van der Waals surface area (Å²) >= 11 is 0. The number of nitrogens with one attached hydrogen (secondary N) is 1. The van der Waals surface area contributed by atoms with E-state index in [2.05, 4.69) is 15.4 Å². The van der Waals surface area contributed by atoms with Gasteiger partial charge in [0.05, 0.1) is 24.6 Å². The van der Waals surface area contributed by atoms with Crippen LogP contribution in [-0.4, -0.2) is 37.4 Å². The standard InChI is InChI=1S/C19H25N3O3/c1-13-16(17(21-25-13)19(2,3)4)18(23)20-14-7-5-6-8-15(14)22-9-11-24-12-10-22/h5-8H,9-12H2,1-4H3,(H,20,23). The molecule has 0 bridgehead atoms. The van der Waals surface area contributed by atoms with Crippen LogP contribution in [0.2, 0.25) is 0 Å². The molecule has 2 aromatic rings. The van der Waals surface area contributed by atoms with Crippen molar-refractivity contribution in [3.8, 4) is 0 Å². The number of nitrogens with zero attached hydrogens (tertiary/aromatic N) is 2. The van der Waals surface area contributed by atoms with Crippen molar-refractivity contribution >= 4 is 17.3 Å². The third-order valence-corrected chi connectivity index (χ3v) is 4.30. The molecule has 1 aromatic carbocycles. The van der Waals surface area contributed by atoms with E-state index in [1.54, 1.807) is 6.92 Å². The minimum Gasteiger partial charge on any atom is -0.378 e. The molecule has 1 saturated heterocycles. The molecule has 0 saturated carbocycles.